The molecule has 0 aliphatic carbocycles. The maximum absolute atomic E-state index is 12.3. The predicted octanol–water partition coefficient (Wildman–Crippen LogP) is 22.5. The van der Waals surface area contributed by atoms with Gasteiger partial charge in [0.15, 0.2) is 6.10 Å². The summed E-state index contributed by atoms with van der Waals surface area (Å²) in [7, 11) is 0. The summed E-state index contributed by atoms with van der Waals surface area (Å²) in [5.41, 5.74) is 0. The zero-order chi connectivity index (χ0) is 53.4. The zero-order valence-corrected chi connectivity index (χ0v) is 49.6. The molecule has 0 aromatic heterocycles. The topological polar surface area (TPSA) is 72.8 Å². The third-order valence-electron chi connectivity index (χ3n) is 14.8. The fourth-order valence-corrected chi connectivity index (χ4v) is 9.94. The van der Waals surface area contributed by atoms with Crippen molar-refractivity contribution < 1.29 is 24.2 Å². The molecule has 5 heteroatoms. The highest BCUT2D eigenvalue weighted by Gasteiger charge is 2.16. The molecule has 0 radical (unpaired) electrons. The maximum Gasteiger partial charge on any atom is 0.306 e. The van der Waals surface area contributed by atoms with Crippen LogP contribution >= 0.6 is 0 Å². The lowest BCUT2D eigenvalue weighted by Crippen LogP contribution is -2.28. The fourth-order valence-electron chi connectivity index (χ4n) is 9.94. The summed E-state index contributed by atoms with van der Waals surface area (Å²) >= 11 is 0. The van der Waals surface area contributed by atoms with Gasteiger partial charge in [-0.1, -0.05) is 338 Å². The molecule has 0 aromatic rings. The third-order valence-corrected chi connectivity index (χ3v) is 14.8. The number of rotatable bonds is 61. The van der Waals surface area contributed by atoms with Crippen molar-refractivity contribution in [3.8, 4) is 0 Å². The molecular formula is C69H126O5. The summed E-state index contributed by atoms with van der Waals surface area (Å²) in [6.45, 7) is 4.04. The van der Waals surface area contributed by atoms with Crippen molar-refractivity contribution in [3.63, 3.8) is 0 Å². The second-order valence-corrected chi connectivity index (χ2v) is 22.2. The molecule has 0 heterocycles. The van der Waals surface area contributed by atoms with E-state index in [4.69, 9.17) is 9.47 Å². The van der Waals surface area contributed by atoms with E-state index < -0.39 is 6.10 Å². The molecule has 0 aromatic carbocycles. The molecular weight excluding hydrogens is 909 g/mol. The van der Waals surface area contributed by atoms with Crippen LogP contribution in [-0.4, -0.2) is 36.4 Å². The van der Waals surface area contributed by atoms with Gasteiger partial charge in [0.2, 0.25) is 0 Å². The first-order valence-electron chi connectivity index (χ1n) is 32.8. The molecule has 74 heavy (non-hydrogen) atoms. The van der Waals surface area contributed by atoms with Gasteiger partial charge in [0, 0.05) is 12.8 Å². The molecule has 1 N–H and O–H groups in total. The van der Waals surface area contributed by atoms with Crippen LogP contribution in [0.25, 0.3) is 0 Å². The van der Waals surface area contributed by atoms with E-state index >= 15 is 0 Å². The first-order valence-corrected chi connectivity index (χ1v) is 32.8. The minimum absolute atomic E-state index is 0.0785. The largest absolute Gasteiger partial charge is 0.462 e. The molecule has 0 aliphatic heterocycles. The van der Waals surface area contributed by atoms with Crippen molar-refractivity contribution in [1.29, 1.82) is 0 Å². The molecule has 0 saturated heterocycles. The van der Waals surface area contributed by atoms with Gasteiger partial charge in [-0.05, 0) is 57.8 Å². The van der Waals surface area contributed by atoms with Gasteiger partial charge >= 0.3 is 11.9 Å². The maximum atomic E-state index is 12.3. The lowest BCUT2D eigenvalue weighted by Gasteiger charge is -2.15. The number of ether oxygens (including phenoxy) is 2. The van der Waals surface area contributed by atoms with Gasteiger partial charge in [-0.15, -0.1) is 0 Å². The summed E-state index contributed by atoms with van der Waals surface area (Å²) in [6, 6.07) is 0. The first-order chi connectivity index (χ1) is 36.6. The van der Waals surface area contributed by atoms with E-state index in [1.54, 1.807) is 0 Å². The van der Waals surface area contributed by atoms with Crippen molar-refractivity contribution in [1.82, 2.24) is 0 Å². The van der Waals surface area contributed by atoms with Crippen LogP contribution < -0.4 is 0 Å². The highest BCUT2D eigenvalue weighted by molar-refractivity contribution is 5.70. The van der Waals surface area contributed by atoms with E-state index in [1.807, 2.05) is 0 Å². The molecule has 0 bridgehead atoms. The summed E-state index contributed by atoms with van der Waals surface area (Å²) in [6.07, 6.45) is 88.4. The number of aliphatic hydroxyl groups excluding tert-OH is 1. The Morgan fingerprint density at radius 1 is 0.324 bits per heavy atom. The molecule has 0 spiro atoms. The first kappa shape index (κ1) is 71.6. The van der Waals surface area contributed by atoms with Gasteiger partial charge < -0.3 is 14.6 Å². The van der Waals surface area contributed by atoms with Crippen LogP contribution in [0.4, 0.5) is 0 Å². The summed E-state index contributed by atoms with van der Waals surface area (Å²) in [5, 5.41) is 9.65. The van der Waals surface area contributed by atoms with Gasteiger partial charge in [-0.25, -0.2) is 0 Å². The van der Waals surface area contributed by atoms with Gasteiger partial charge in [-0.2, -0.15) is 0 Å². The monoisotopic (exact) mass is 1030 g/mol. The van der Waals surface area contributed by atoms with E-state index in [2.05, 4.69) is 74.6 Å². The molecule has 432 valence electrons. The Balaban J connectivity index is 3.38. The third kappa shape index (κ3) is 62.1. The Labute approximate surface area is 461 Å². The van der Waals surface area contributed by atoms with Crippen LogP contribution in [0.15, 0.2) is 60.8 Å². The Morgan fingerprint density at radius 3 is 0.878 bits per heavy atom. The molecule has 0 aliphatic rings. The average Bonchev–Trinajstić information content (AvgIpc) is 3.40. The molecule has 1 atom stereocenters. The Bertz CT molecular complexity index is 1260. The van der Waals surface area contributed by atoms with Gasteiger partial charge in [0.1, 0.15) is 6.61 Å². The SMILES string of the molecule is CC/C=C\C/C=C\C/C=C\C/C=C\C/C=C\CCCCCC(=O)OC(CO)COC(=O)CCCCCCCCCCCCCCCCCCCCCCCCCCCCCCCCCCCCCCCCCCC. The second-order valence-electron chi connectivity index (χ2n) is 22.2. The average molecular weight is 1040 g/mol. The number of carbonyl (C=O) groups excluding carboxylic acids is 2. The zero-order valence-electron chi connectivity index (χ0n) is 49.6. The molecule has 1 unspecified atom stereocenters. The van der Waals surface area contributed by atoms with Gasteiger partial charge in [-0.3, -0.25) is 9.59 Å². The number of hydrogen-bond acceptors (Lipinski definition) is 5. The standard InChI is InChI=1S/C69H126O5/c1-3-5-7-9-11-13-15-17-19-21-23-24-25-26-27-28-29-30-31-32-33-34-35-36-37-38-39-40-41-42-43-44-46-47-49-51-53-55-57-59-61-63-68(71)73-66-67(65-70)74-69(72)64-62-60-58-56-54-52-50-48-45-22-20-18-16-14-12-10-8-6-4-2/h6,8,12,14,18,20,45,48,52,54,67,70H,3-5,7,9-11,13,15-17,19,21-44,46-47,49-51,53,55-66H2,1-2H3/b8-6-,14-12-,20-18-,48-45-,54-52-. The highest BCUT2D eigenvalue weighted by atomic mass is 16.6. The summed E-state index contributed by atoms with van der Waals surface area (Å²) < 4.78 is 10.7. The van der Waals surface area contributed by atoms with Crippen LogP contribution in [0.5, 0.6) is 0 Å². The smallest absolute Gasteiger partial charge is 0.306 e. The summed E-state index contributed by atoms with van der Waals surface area (Å²) in [4.78, 5) is 24.5. The van der Waals surface area contributed by atoms with Crippen LogP contribution in [0.3, 0.4) is 0 Å². The van der Waals surface area contributed by atoms with E-state index in [-0.39, 0.29) is 25.2 Å². The minimum atomic E-state index is -0.791. The van der Waals surface area contributed by atoms with Crippen molar-refractivity contribution >= 4 is 11.9 Å². The van der Waals surface area contributed by atoms with E-state index in [0.717, 1.165) is 77.0 Å². The molecule has 0 rings (SSSR count). The van der Waals surface area contributed by atoms with Crippen LogP contribution in [-0.2, 0) is 19.1 Å². The van der Waals surface area contributed by atoms with Crippen molar-refractivity contribution in [2.75, 3.05) is 13.2 Å². The van der Waals surface area contributed by atoms with Gasteiger partial charge in [0.05, 0.1) is 6.61 Å². The summed E-state index contributed by atoms with van der Waals surface area (Å²) in [5.74, 6) is -0.617. The van der Waals surface area contributed by atoms with Crippen LogP contribution in [0.2, 0.25) is 0 Å². The van der Waals surface area contributed by atoms with Crippen LogP contribution in [0.1, 0.15) is 348 Å². The Hall–Kier alpha value is -2.40. The number of allylic oxidation sites excluding steroid dienone is 10. The number of esters is 2. The Kier molecular flexibility index (Phi) is 62.8. The Morgan fingerprint density at radius 2 is 0.581 bits per heavy atom. The number of aliphatic hydroxyl groups is 1. The normalized spacial score (nSPS) is 12.5. The van der Waals surface area contributed by atoms with Crippen molar-refractivity contribution in [3.05, 3.63) is 60.8 Å². The highest BCUT2D eigenvalue weighted by Crippen LogP contribution is 2.19. The molecule has 5 nitrogen and oxygen atoms in total. The van der Waals surface area contributed by atoms with Crippen LogP contribution in [0, 0.1) is 0 Å². The quantitative estimate of drug-likeness (QED) is 0.0373. The molecule has 0 amide bonds. The van der Waals surface area contributed by atoms with Crippen molar-refractivity contribution in [2.45, 2.75) is 354 Å². The number of carbonyl (C=O) groups is 2. The van der Waals surface area contributed by atoms with Gasteiger partial charge in [0.25, 0.3) is 0 Å². The predicted molar refractivity (Wildman–Crippen MR) is 325 cm³/mol. The van der Waals surface area contributed by atoms with Crippen molar-refractivity contribution in [2.24, 2.45) is 0 Å². The molecule has 0 saturated carbocycles. The second kappa shape index (κ2) is 64.9. The lowest BCUT2D eigenvalue weighted by atomic mass is 10.0. The minimum Gasteiger partial charge on any atom is -0.462 e. The lowest BCUT2D eigenvalue weighted by molar-refractivity contribution is -0.161. The van der Waals surface area contributed by atoms with E-state index in [1.165, 1.54) is 244 Å². The number of hydrogen-bond donors (Lipinski definition) is 1. The molecule has 0 fully saturated rings. The van der Waals surface area contributed by atoms with E-state index in [0.29, 0.717) is 12.8 Å². The van der Waals surface area contributed by atoms with E-state index in [9.17, 15) is 14.7 Å². The number of unbranched alkanes of at least 4 members (excludes halogenated alkanes) is 43. The fraction of sp³-hybridized carbons (Fsp3) is 0.826.